The number of aliphatic imine (C=N–C) groups is 1. The van der Waals surface area contributed by atoms with Crippen LogP contribution in [0.15, 0.2) is 4.99 Å². The van der Waals surface area contributed by atoms with Crippen molar-refractivity contribution in [1.82, 2.24) is 20.4 Å². The first-order valence-electron chi connectivity index (χ1n) is 8.66. The topological polar surface area (TPSA) is 60.0 Å². The molecule has 2 N–H and O–H groups in total. The average Bonchev–Trinajstić information content (AvgIpc) is 2.55. The maximum Gasteiger partial charge on any atom is 0.219 e. The van der Waals surface area contributed by atoms with Crippen molar-refractivity contribution in [2.45, 2.75) is 26.7 Å². The fourth-order valence-corrected chi connectivity index (χ4v) is 3.00. The molecular formula is C16H33N5OS. The molecule has 0 spiro atoms. The molecule has 1 saturated heterocycles. The van der Waals surface area contributed by atoms with Gasteiger partial charge in [0.05, 0.1) is 0 Å². The summed E-state index contributed by atoms with van der Waals surface area (Å²) in [5.74, 6) is 2.32. The lowest BCUT2D eigenvalue weighted by Crippen LogP contribution is -2.50. The third kappa shape index (κ3) is 9.05. The predicted octanol–water partition coefficient (Wildman–Crippen LogP) is 0.849. The highest BCUT2D eigenvalue weighted by atomic mass is 32.2. The van der Waals surface area contributed by atoms with Crippen LogP contribution in [0.25, 0.3) is 0 Å². The number of guanidine groups is 1. The van der Waals surface area contributed by atoms with Gasteiger partial charge in [-0.3, -0.25) is 14.7 Å². The molecule has 1 fully saturated rings. The van der Waals surface area contributed by atoms with Crippen molar-refractivity contribution in [1.29, 1.82) is 0 Å². The highest BCUT2D eigenvalue weighted by molar-refractivity contribution is 7.98. The number of thioether (sulfide) groups is 1. The summed E-state index contributed by atoms with van der Waals surface area (Å²) in [5, 5.41) is 6.70. The van der Waals surface area contributed by atoms with Gasteiger partial charge in [-0.05, 0) is 31.8 Å². The van der Waals surface area contributed by atoms with E-state index in [0.717, 1.165) is 64.7 Å². The second-order valence-corrected chi connectivity index (χ2v) is 6.72. The quantitative estimate of drug-likeness (QED) is 0.369. The van der Waals surface area contributed by atoms with E-state index in [9.17, 15) is 4.79 Å². The standard InChI is InChI=1S/C16H33N5OS/c1-4-17-16(18-7-5-6-14-23-3)19-8-9-20-10-12-21(13-11-20)15(2)22/h4-14H2,1-3H3,(H2,17,18,19). The molecule has 23 heavy (non-hydrogen) atoms. The third-order valence-electron chi connectivity index (χ3n) is 3.91. The summed E-state index contributed by atoms with van der Waals surface area (Å²) in [4.78, 5) is 20.3. The minimum Gasteiger partial charge on any atom is -0.357 e. The number of nitrogens with zero attached hydrogens (tertiary/aromatic N) is 3. The van der Waals surface area contributed by atoms with Crippen LogP contribution >= 0.6 is 11.8 Å². The van der Waals surface area contributed by atoms with Crippen molar-refractivity contribution < 1.29 is 4.79 Å². The van der Waals surface area contributed by atoms with Crippen LogP contribution in [-0.4, -0.2) is 86.0 Å². The molecule has 0 radical (unpaired) electrons. The van der Waals surface area contributed by atoms with Gasteiger partial charge in [0.15, 0.2) is 5.96 Å². The Morgan fingerprint density at radius 2 is 1.91 bits per heavy atom. The maximum atomic E-state index is 11.3. The molecule has 0 atom stereocenters. The summed E-state index contributed by atoms with van der Waals surface area (Å²) < 4.78 is 0. The maximum absolute atomic E-state index is 11.3. The summed E-state index contributed by atoms with van der Waals surface area (Å²) >= 11 is 1.89. The van der Waals surface area contributed by atoms with E-state index < -0.39 is 0 Å². The Bertz CT molecular complexity index is 356. The number of carbonyl (C=O) groups is 1. The van der Waals surface area contributed by atoms with Crippen LogP contribution in [0, 0.1) is 0 Å². The SMILES string of the molecule is CCNC(=NCCCCSC)NCCN1CCN(C(C)=O)CC1. The Kier molecular flexibility index (Phi) is 10.9. The number of hydrogen-bond donors (Lipinski definition) is 2. The van der Waals surface area contributed by atoms with E-state index in [2.05, 4.69) is 33.7 Å². The molecule has 1 amide bonds. The van der Waals surface area contributed by atoms with Crippen LogP contribution in [-0.2, 0) is 4.79 Å². The van der Waals surface area contributed by atoms with Crippen LogP contribution in [0.4, 0.5) is 0 Å². The normalized spacial score (nSPS) is 16.5. The van der Waals surface area contributed by atoms with Gasteiger partial charge in [-0.15, -0.1) is 0 Å². The van der Waals surface area contributed by atoms with E-state index in [1.165, 1.54) is 12.2 Å². The van der Waals surface area contributed by atoms with Gasteiger partial charge in [-0.2, -0.15) is 11.8 Å². The summed E-state index contributed by atoms with van der Waals surface area (Å²) in [7, 11) is 0. The zero-order valence-corrected chi connectivity index (χ0v) is 15.8. The lowest BCUT2D eigenvalue weighted by atomic mass is 10.3. The van der Waals surface area contributed by atoms with E-state index in [1.54, 1.807) is 6.92 Å². The monoisotopic (exact) mass is 343 g/mol. The summed E-state index contributed by atoms with van der Waals surface area (Å²) in [6, 6.07) is 0. The van der Waals surface area contributed by atoms with Gasteiger partial charge in [0, 0.05) is 59.3 Å². The highest BCUT2D eigenvalue weighted by Crippen LogP contribution is 2.01. The fraction of sp³-hybridized carbons (Fsp3) is 0.875. The Balaban J connectivity index is 2.19. The van der Waals surface area contributed by atoms with Gasteiger partial charge in [0.2, 0.25) is 5.91 Å². The molecule has 1 heterocycles. The molecule has 0 bridgehead atoms. The van der Waals surface area contributed by atoms with Crippen molar-refractivity contribution in [3.63, 3.8) is 0 Å². The van der Waals surface area contributed by atoms with Crippen LogP contribution in [0.2, 0.25) is 0 Å². The summed E-state index contributed by atoms with van der Waals surface area (Å²) in [5.41, 5.74) is 0. The minimum absolute atomic E-state index is 0.186. The molecule has 0 unspecified atom stereocenters. The molecule has 0 aliphatic carbocycles. The molecule has 1 aliphatic rings. The van der Waals surface area contributed by atoms with Crippen LogP contribution in [0.1, 0.15) is 26.7 Å². The van der Waals surface area contributed by atoms with Crippen molar-refractivity contribution in [2.75, 3.05) is 64.4 Å². The molecule has 1 aliphatic heterocycles. The van der Waals surface area contributed by atoms with Gasteiger partial charge < -0.3 is 15.5 Å². The number of rotatable bonds is 9. The van der Waals surface area contributed by atoms with E-state index in [1.807, 2.05) is 16.7 Å². The summed E-state index contributed by atoms with van der Waals surface area (Å²) in [6.45, 7) is 11.0. The van der Waals surface area contributed by atoms with E-state index >= 15 is 0 Å². The van der Waals surface area contributed by atoms with Crippen molar-refractivity contribution in [3.05, 3.63) is 0 Å². The van der Waals surface area contributed by atoms with Gasteiger partial charge in [-0.1, -0.05) is 0 Å². The van der Waals surface area contributed by atoms with Crippen LogP contribution in [0.5, 0.6) is 0 Å². The molecular weight excluding hydrogens is 310 g/mol. The van der Waals surface area contributed by atoms with Gasteiger partial charge in [0.1, 0.15) is 0 Å². The average molecular weight is 344 g/mol. The first-order chi connectivity index (χ1) is 11.2. The molecule has 7 heteroatoms. The van der Waals surface area contributed by atoms with Crippen molar-refractivity contribution in [2.24, 2.45) is 4.99 Å². The van der Waals surface area contributed by atoms with Crippen molar-refractivity contribution in [3.8, 4) is 0 Å². The molecule has 0 aromatic rings. The fourth-order valence-electron chi connectivity index (χ4n) is 2.51. The van der Waals surface area contributed by atoms with E-state index in [-0.39, 0.29) is 5.91 Å². The number of unbranched alkanes of at least 4 members (excludes halogenated alkanes) is 1. The Morgan fingerprint density at radius 3 is 2.52 bits per heavy atom. The molecule has 0 aromatic carbocycles. The predicted molar refractivity (Wildman–Crippen MR) is 100 cm³/mol. The summed E-state index contributed by atoms with van der Waals surface area (Å²) in [6.07, 6.45) is 4.51. The first kappa shape index (κ1) is 20.1. The van der Waals surface area contributed by atoms with Gasteiger partial charge in [0.25, 0.3) is 0 Å². The van der Waals surface area contributed by atoms with E-state index in [0.29, 0.717) is 0 Å². The molecule has 0 aromatic heterocycles. The zero-order chi connectivity index (χ0) is 16.9. The third-order valence-corrected chi connectivity index (χ3v) is 4.61. The number of piperazine rings is 1. The molecule has 6 nitrogen and oxygen atoms in total. The Labute approximate surface area is 145 Å². The van der Waals surface area contributed by atoms with Crippen LogP contribution < -0.4 is 10.6 Å². The molecule has 134 valence electrons. The molecule has 0 saturated carbocycles. The molecule has 1 rings (SSSR count). The smallest absolute Gasteiger partial charge is 0.219 e. The minimum atomic E-state index is 0.186. The number of hydrogen-bond acceptors (Lipinski definition) is 4. The largest absolute Gasteiger partial charge is 0.357 e. The number of carbonyl (C=O) groups excluding carboxylic acids is 1. The van der Waals surface area contributed by atoms with Gasteiger partial charge in [-0.25, -0.2) is 0 Å². The lowest BCUT2D eigenvalue weighted by Gasteiger charge is -2.34. The lowest BCUT2D eigenvalue weighted by molar-refractivity contribution is -0.130. The first-order valence-corrected chi connectivity index (χ1v) is 10.1. The van der Waals surface area contributed by atoms with Crippen LogP contribution in [0.3, 0.4) is 0 Å². The second kappa shape index (κ2) is 12.5. The van der Waals surface area contributed by atoms with Crippen molar-refractivity contribution >= 4 is 23.6 Å². The van der Waals surface area contributed by atoms with Gasteiger partial charge >= 0.3 is 0 Å². The Hall–Kier alpha value is -0.950. The number of nitrogens with one attached hydrogen (secondary N) is 2. The highest BCUT2D eigenvalue weighted by Gasteiger charge is 2.17. The number of amides is 1. The van der Waals surface area contributed by atoms with E-state index in [4.69, 9.17) is 0 Å². The zero-order valence-electron chi connectivity index (χ0n) is 14.9. The second-order valence-electron chi connectivity index (χ2n) is 5.74. The Morgan fingerprint density at radius 1 is 1.17 bits per heavy atom.